The van der Waals surface area contributed by atoms with Crippen LogP contribution < -0.4 is 5.32 Å². The third-order valence-electron chi connectivity index (χ3n) is 4.75. The Morgan fingerprint density at radius 2 is 1.90 bits per heavy atom. The van der Waals surface area contributed by atoms with Crippen LogP contribution in [0.25, 0.3) is 0 Å². The van der Waals surface area contributed by atoms with Gasteiger partial charge in [-0.05, 0) is 50.3 Å². The quantitative estimate of drug-likeness (QED) is 0.895. The molecule has 3 nitrogen and oxygen atoms in total. The Balaban J connectivity index is 1.60. The fraction of sp³-hybridized carbons (Fsp3) is 0.647. The molecule has 1 spiro atoms. The van der Waals surface area contributed by atoms with E-state index in [0.29, 0.717) is 12.1 Å². The Kier molecular flexibility index (Phi) is 4.99. The largest absolute Gasteiger partial charge is 0.381 e. The number of hydrogen-bond donors (Lipinski definition) is 1. The van der Waals surface area contributed by atoms with Gasteiger partial charge in [-0.3, -0.25) is 0 Å². The molecular weight excluding hydrogens is 330 g/mol. The Bertz CT molecular complexity index is 451. The molecule has 0 amide bonds. The highest BCUT2D eigenvalue weighted by Gasteiger charge is 2.39. The molecule has 2 fully saturated rings. The van der Waals surface area contributed by atoms with Gasteiger partial charge in [0.1, 0.15) is 0 Å². The third-order valence-corrected chi connectivity index (χ3v) is 5.28. The van der Waals surface area contributed by atoms with Crippen molar-refractivity contribution in [3.63, 3.8) is 0 Å². The number of benzene rings is 1. The van der Waals surface area contributed by atoms with Crippen molar-refractivity contribution in [2.45, 2.75) is 50.3 Å². The summed E-state index contributed by atoms with van der Waals surface area (Å²) in [6.07, 6.45) is 4.29. The summed E-state index contributed by atoms with van der Waals surface area (Å²) in [5.74, 6) is 0. The van der Waals surface area contributed by atoms with Gasteiger partial charge in [0.2, 0.25) is 0 Å². The van der Waals surface area contributed by atoms with Crippen LogP contribution >= 0.6 is 15.9 Å². The highest BCUT2D eigenvalue weighted by Crippen LogP contribution is 2.35. The van der Waals surface area contributed by atoms with E-state index in [1.54, 1.807) is 0 Å². The first-order valence-electron chi connectivity index (χ1n) is 7.90. The normalized spacial score (nSPS) is 26.7. The molecule has 0 saturated carbocycles. The van der Waals surface area contributed by atoms with Crippen molar-refractivity contribution in [2.24, 2.45) is 0 Å². The molecule has 2 aliphatic rings. The SMILES string of the molecule is C[C@H](NC1CCOC2(CCOCC2)C1)c1ccc(Br)cc1. The van der Waals surface area contributed by atoms with Gasteiger partial charge in [0.15, 0.2) is 0 Å². The van der Waals surface area contributed by atoms with Gasteiger partial charge in [0, 0.05) is 36.4 Å². The van der Waals surface area contributed by atoms with E-state index < -0.39 is 0 Å². The van der Waals surface area contributed by atoms with Crippen LogP contribution in [0.1, 0.15) is 44.2 Å². The molecule has 0 aliphatic carbocycles. The minimum absolute atomic E-state index is 0.0631. The lowest BCUT2D eigenvalue weighted by molar-refractivity contribution is -0.140. The number of rotatable bonds is 3. The molecule has 1 aromatic rings. The van der Waals surface area contributed by atoms with Gasteiger partial charge in [0.05, 0.1) is 5.60 Å². The van der Waals surface area contributed by atoms with Crippen molar-refractivity contribution >= 4 is 15.9 Å². The fourth-order valence-corrected chi connectivity index (χ4v) is 3.73. The van der Waals surface area contributed by atoms with Gasteiger partial charge in [-0.1, -0.05) is 28.1 Å². The number of hydrogen-bond acceptors (Lipinski definition) is 3. The average molecular weight is 354 g/mol. The van der Waals surface area contributed by atoms with Gasteiger partial charge in [-0.25, -0.2) is 0 Å². The fourth-order valence-electron chi connectivity index (χ4n) is 3.46. The minimum Gasteiger partial charge on any atom is -0.381 e. The molecule has 3 rings (SSSR count). The van der Waals surface area contributed by atoms with Crippen molar-refractivity contribution in [3.05, 3.63) is 34.3 Å². The predicted molar refractivity (Wildman–Crippen MR) is 87.5 cm³/mol. The molecule has 21 heavy (non-hydrogen) atoms. The summed E-state index contributed by atoms with van der Waals surface area (Å²) in [7, 11) is 0. The van der Waals surface area contributed by atoms with Crippen LogP contribution in [0, 0.1) is 0 Å². The Morgan fingerprint density at radius 1 is 1.19 bits per heavy atom. The molecule has 1 N–H and O–H groups in total. The van der Waals surface area contributed by atoms with Crippen LogP contribution in [-0.4, -0.2) is 31.5 Å². The molecule has 1 aromatic carbocycles. The number of ether oxygens (including phenoxy) is 2. The standard InChI is InChI=1S/C17H24BrNO2/c1-13(14-2-4-15(18)5-3-14)19-16-6-9-21-17(12-16)7-10-20-11-8-17/h2-5,13,16,19H,6-12H2,1H3/t13-,16?/m0/s1. The Labute approximate surface area is 135 Å². The molecule has 2 heterocycles. The maximum atomic E-state index is 6.11. The highest BCUT2D eigenvalue weighted by molar-refractivity contribution is 9.10. The van der Waals surface area contributed by atoms with Crippen LogP contribution in [0.2, 0.25) is 0 Å². The van der Waals surface area contributed by atoms with Crippen LogP contribution in [-0.2, 0) is 9.47 Å². The van der Waals surface area contributed by atoms with E-state index in [-0.39, 0.29) is 5.60 Å². The summed E-state index contributed by atoms with van der Waals surface area (Å²) < 4.78 is 12.7. The topological polar surface area (TPSA) is 30.5 Å². The van der Waals surface area contributed by atoms with Gasteiger partial charge in [-0.2, -0.15) is 0 Å². The molecule has 4 heteroatoms. The Hall–Kier alpha value is -0.420. The van der Waals surface area contributed by atoms with Crippen molar-refractivity contribution in [3.8, 4) is 0 Å². The minimum atomic E-state index is 0.0631. The summed E-state index contributed by atoms with van der Waals surface area (Å²) in [4.78, 5) is 0. The average Bonchev–Trinajstić information content (AvgIpc) is 2.49. The molecule has 1 unspecified atom stereocenters. The maximum Gasteiger partial charge on any atom is 0.0741 e. The zero-order chi connectivity index (χ0) is 14.7. The Morgan fingerprint density at radius 3 is 2.62 bits per heavy atom. The lowest BCUT2D eigenvalue weighted by atomic mass is 9.83. The monoisotopic (exact) mass is 353 g/mol. The zero-order valence-electron chi connectivity index (χ0n) is 12.6. The first-order valence-corrected chi connectivity index (χ1v) is 8.69. The molecule has 0 radical (unpaired) electrons. The first kappa shape index (κ1) is 15.5. The van der Waals surface area contributed by atoms with E-state index in [1.807, 2.05) is 0 Å². The van der Waals surface area contributed by atoms with E-state index in [4.69, 9.17) is 9.47 Å². The highest BCUT2D eigenvalue weighted by atomic mass is 79.9. The zero-order valence-corrected chi connectivity index (χ0v) is 14.2. The third kappa shape index (κ3) is 3.86. The summed E-state index contributed by atoms with van der Waals surface area (Å²) >= 11 is 3.49. The van der Waals surface area contributed by atoms with Crippen LogP contribution in [0.3, 0.4) is 0 Å². The summed E-state index contributed by atoms with van der Waals surface area (Å²) in [6.45, 7) is 4.80. The van der Waals surface area contributed by atoms with Gasteiger partial charge in [-0.15, -0.1) is 0 Å². The molecular formula is C17H24BrNO2. The van der Waals surface area contributed by atoms with E-state index in [1.165, 1.54) is 5.56 Å². The van der Waals surface area contributed by atoms with Crippen molar-refractivity contribution in [2.75, 3.05) is 19.8 Å². The number of nitrogens with one attached hydrogen (secondary N) is 1. The van der Waals surface area contributed by atoms with Gasteiger partial charge < -0.3 is 14.8 Å². The van der Waals surface area contributed by atoms with E-state index in [9.17, 15) is 0 Å². The maximum absolute atomic E-state index is 6.11. The van der Waals surface area contributed by atoms with Crippen LogP contribution in [0.5, 0.6) is 0 Å². The molecule has 0 aromatic heterocycles. The van der Waals surface area contributed by atoms with E-state index in [2.05, 4.69) is 52.4 Å². The second kappa shape index (κ2) is 6.78. The van der Waals surface area contributed by atoms with E-state index in [0.717, 1.165) is 50.0 Å². The molecule has 116 valence electrons. The molecule has 2 saturated heterocycles. The van der Waals surface area contributed by atoms with Gasteiger partial charge >= 0.3 is 0 Å². The van der Waals surface area contributed by atoms with Crippen LogP contribution in [0.4, 0.5) is 0 Å². The molecule has 2 atom stereocenters. The summed E-state index contributed by atoms with van der Waals surface area (Å²) in [5, 5.41) is 3.79. The summed E-state index contributed by atoms with van der Waals surface area (Å²) in [5.41, 5.74) is 1.40. The van der Waals surface area contributed by atoms with Crippen molar-refractivity contribution in [1.29, 1.82) is 0 Å². The smallest absolute Gasteiger partial charge is 0.0741 e. The van der Waals surface area contributed by atoms with Crippen LogP contribution in [0.15, 0.2) is 28.7 Å². The molecule has 2 aliphatic heterocycles. The van der Waals surface area contributed by atoms with E-state index >= 15 is 0 Å². The first-order chi connectivity index (χ1) is 10.2. The lowest BCUT2D eigenvalue weighted by Gasteiger charge is -2.44. The number of halogens is 1. The van der Waals surface area contributed by atoms with Crippen molar-refractivity contribution in [1.82, 2.24) is 5.32 Å². The lowest BCUT2D eigenvalue weighted by Crippen LogP contribution is -2.50. The summed E-state index contributed by atoms with van der Waals surface area (Å²) in [6, 6.07) is 9.50. The molecule has 0 bridgehead atoms. The van der Waals surface area contributed by atoms with Gasteiger partial charge in [0.25, 0.3) is 0 Å². The predicted octanol–water partition coefficient (Wildman–Crippen LogP) is 3.83. The second-order valence-corrected chi connectivity index (χ2v) is 7.19. The second-order valence-electron chi connectivity index (χ2n) is 6.27. The van der Waals surface area contributed by atoms with Crippen molar-refractivity contribution < 1.29 is 9.47 Å².